The minimum Gasteiger partial charge on any atom is -0.481 e. The molecule has 5 heteroatoms. The van der Waals surface area contributed by atoms with Gasteiger partial charge < -0.3 is 20.3 Å². The zero-order valence-corrected chi connectivity index (χ0v) is 20.7. The predicted molar refractivity (Wildman–Crippen MR) is 137 cm³/mol. The molecule has 2 aromatic rings. The molecule has 0 aliphatic heterocycles. The lowest BCUT2D eigenvalue weighted by atomic mass is 9.88. The summed E-state index contributed by atoms with van der Waals surface area (Å²) in [4.78, 5) is 10.7. The van der Waals surface area contributed by atoms with Crippen LogP contribution in [0.2, 0.25) is 0 Å². The Morgan fingerprint density at radius 3 is 2.47 bits per heavy atom. The van der Waals surface area contributed by atoms with E-state index in [1.54, 1.807) is 0 Å². The van der Waals surface area contributed by atoms with Crippen LogP contribution in [0.15, 0.2) is 54.6 Å². The van der Waals surface area contributed by atoms with Crippen LogP contribution in [0.1, 0.15) is 68.4 Å². The Bertz CT molecular complexity index is 943. The molecule has 1 aliphatic rings. The van der Waals surface area contributed by atoms with E-state index >= 15 is 0 Å². The molecule has 0 radical (unpaired) electrons. The third-order valence-corrected chi connectivity index (χ3v) is 6.55. The predicted octanol–water partition coefficient (Wildman–Crippen LogP) is 5.18. The van der Waals surface area contributed by atoms with Gasteiger partial charge in [0.05, 0.1) is 18.8 Å². The second-order valence-electron chi connectivity index (χ2n) is 10.1. The van der Waals surface area contributed by atoms with E-state index in [9.17, 15) is 9.90 Å². The molecule has 0 spiro atoms. The highest BCUT2D eigenvalue weighted by Crippen LogP contribution is 2.32. The van der Waals surface area contributed by atoms with Gasteiger partial charge >= 0.3 is 5.97 Å². The maximum absolute atomic E-state index is 10.7. The van der Waals surface area contributed by atoms with Gasteiger partial charge in [-0.15, -0.1) is 0 Å². The number of fused-ring (bicyclic) bond motifs is 1. The van der Waals surface area contributed by atoms with E-state index < -0.39 is 12.1 Å². The number of nitrogens with one attached hydrogen (secondary N) is 1. The Kier molecular flexibility index (Phi) is 9.45. The SMILES string of the molecule is C[C@@H](OC[C@@H](O)CNC(C)(C)CC1Cc2ccccc2C1)c1ccccc1/C=C/CCC(=O)O. The quantitative estimate of drug-likeness (QED) is 0.380. The molecule has 0 heterocycles. The molecule has 34 heavy (non-hydrogen) atoms. The summed E-state index contributed by atoms with van der Waals surface area (Å²) >= 11 is 0. The van der Waals surface area contributed by atoms with E-state index in [1.807, 2.05) is 43.3 Å². The molecular formula is C29H39NO4. The molecular weight excluding hydrogens is 426 g/mol. The zero-order chi connectivity index (χ0) is 24.6. The smallest absolute Gasteiger partial charge is 0.303 e. The van der Waals surface area contributed by atoms with Crippen molar-refractivity contribution >= 4 is 12.0 Å². The fourth-order valence-electron chi connectivity index (χ4n) is 4.84. The van der Waals surface area contributed by atoms with Crippen molar-refractivity contribution in [3.63, 3.8) is 0 Å². The molecule has 0 amide bonds. The number of carboxylic acids is 1. The number of benzene rings is 2. The van der Waals surface area contributed by atoms with Crippen LogP contribution in [0, 0.1) is 5.92 Å². The van der Waals surface area contributed by atoms with Gasteiger partial charge in [-0.2, -0.15) is 0 Å². The number of ether oxygens (including phenoxy) is 1. The molecule has 3 rings (SSSR count). The Labute approximate surface area is 203 Å². The van der Waals surface area contributed by atoms with Crippen molar-refractivity contribution in [3.05, 3.63) is 76.9 Å². The van der Waals surface area contributed by atoms with Crippen LogP contribution in [-0.2, 0) is 22.4 Å². The van der Waals surface area contributed by atoms with E-state index in [1.165, 1.54) is 11.1 Å². The molecule has 184 valence electrons. The van der Waals surface area contributed by atoms with Gasteiger partial charge in [0.1, 0.15) is 0 Å². The van der Waals surface area contributed by atoms with Crippen molar-refractivity contribution in [3.8, 4) is 0 Å². The number of carbonyl (C=O) groups is 1. The largest absolute Gasteiger partial charge is 0.481 e. The maximum Gasteiger partial charge on any atom is 0.303 e. The number of hydrogen-bond donors (Lipinski definition) is 3. The van der Waals surface area contributed by atoms with Crippen LogP contribution in [-0.4, -0.2) is 41.0 Å². The van der Waals surface area contributed by atoms with Gasteiger partial charge in [0, 0.05) is 18.5 Å². The molecule has 2 aromatic carbocycles. The van der Waals surface area contributed by atoms with E-state index in [0.29, 0.717) is 18.9 Å². The molecule has 0 saturated heterocycles. The number of rotatable bonds is 13. The van der Waals surface area contributed by atoms with Crippen molar-refractivity contribution in [2.45, 2.75) is 70.6 Å². The molecule has 0 aromatic heterocycles. The van der Waals surface area contributed by atoms with Gasteiger partial charge in [0.2, 0.25) is 0 Å². The molecule has 0 unspecified atom stereocenters. The van der Waals surface area contributed by atoms with Crippen LogP contribution in [0.4, 0.5) is 0 Å². The highest BCUT2D eigenvalue weighted by Gasteiger charge is 2.28. The Morgan fingerprint density at radius 2 is 1.79 bits per heavy atom. The first-order valence-corrected chi connectivity index (χ1v) is 12.3. The lowest BCUT2D eigenvalue weighted by molar-refractivity contribution is -0.136. The Hall–Kier alpha value is -2.47. The first-order chi connectivity index (χ1) is 16.2. The lowest BCUT2D eigenvalue weighted by Crippen LogP contribution is -2.45. The molecule has 3 N–H and O–H groups in total. The van der Waals surface area contributed by atoms with Gasteiger partial charge in [-0.25, -0.2) is 0 Å². The molecule has 5 nitrogen and oxygen atoms in total. The second-order valence-corrected chi connectivity index (χ2v) is 10.1. The number of allylic oxidation sites excluding steroid dienone is 1. The van der Waals surface area contributed by atoms with Crippen molar-refractivity contribution in [1.82, 2.24) is 5.32 Å². The fourth-order valence-corrected chi connectivity index (χ4v) is 4.84. The van der Waals surface area contributed by atoms with Gasteiger partial charge in [-0.3, -0.25) is 4.79 Å². The molecule has 0 bridgehead atoms. The summed E-state index contributed by atoms with van der Waals surface area (Å²) in [7, 11) is 0. The number of hydrogen-bond acceptors (Lipinski definition) is 4. The summed E-state index contributed by atoms with van der Waals surface area (Å²) in [6, 6.07) is 16.6. The van der Waals surface area contributed by atoms with Crippen LogP contribution in [0.25, 0.3) is 6.08 Å². The second kappa shape index (κ2) is 12.3. The maximum atomic E-state index is 10.7. The number of aliphatic carboxylic acids is 1. The summed E-state index contributed by atoms with van der Waals surface area (Å²) < 4.78 is 6.00. The molecule has 0 saturated carbocycles. The van der Waals surface area contributed by atoms with Crippen LogP contribution in [0.5, 0.6) is 0 Å². The third kappa shape index (κ3) is 8.08. The summed E-state index contributed by atoms with van der Waals surface area (Å²) in [6.07, 6.45) is 6.99. The Balaban J connectivity index is 1.43. The molecule has 0 fully saturated rings. The van der Waals surface area contributed by atoms with E-state index in [0.717, 1.165) is 30.4 Å². The summed E-state index contributed by atoms with van der Waals surface area (Å²) in [5.74, 6) is -0.165. The van der Waals surface area contributed by atoms with E-state index in [2.05, 4.69) is 43.4 Å². The lowest BCUT2D eigenvalue weighted by Gasteiger charge is -2.31. The third-order valence-electron chi connectivity index (χ3n) is 6.55. The zero-order valence-electron chi connectivity index (χ0n) is 20.7. The van der Waals surface area contributed by atoms with Crippen molar-refractivity contribution in [1.29, 1.82) is 0 Å². The number of β-amino-alcohol motifs (C(OH)–C–C–N with tert-alkyl or cyclic N) is 1. The van der Waals surface area contributed by atoms with Crippen LogP contribution >= 0.6 is 0 Å². The highest BCUT2D eigenvalue weighted by molar-refractivity contribution is 5.67. The highest BCUT2D eigenvalue weighted by atomic mass is 16.5. The normalized spacial score (nSPS) is 16.0. The Morgan fingerprint density at radius 1 is 1.15 bits per heavy atom. The monoisotopic (exact) mass is 465 g/mol. The average Bonchev–Trinajstić information content (AvgIpc) is 3.20. The standard InChI is InChI=1S/C29H39NO4/c1-21(27-14-8-6-10-23(27)11-7-9-15-28(32)33)34-20-26(31)19-30-29(2,3)18-22-16-24-12-4-5-13-25(24)17-22/h4-8,10-14,21-22,26,30-31H,9,15-20H2,1-3H3,(H,32,33)/b11-7+/t21-,26+/m1/s1. The minimum atomic E-state index is -0.797. The fraction of sp³-hybridized carbons (Fsp3) is 0.483. The molecule has 2 atom stereocenters. The van der Waals surface area contributed by atoms with E-state index in [4.69, 9.17) is 9.84 Å². The van der Waals surface area contributed by atoms with Gasteiger partial charge in [-0.1, -0.05) is 60.7 Å². The van der Waals surface area contributed by atoms with E-state index in [-0.39, 0.29) is 24.7 Å². The minimum absolute atomic E-state index is 0.0628. The van der Waals surface area contributed by atoms with Gasteiger partial charge in [0.15, 0.2) is 0 Å². The van der Waals surface area contributed by atoms with Gasteiger partial charge in [-0.05, 0) is 74.6 Å². The summed E-state index contributed by atoms with van der Waals surface area (Å²) in [6.45, 7) is 7.12. The summed E-state index contributed by atoms with van der Waals surface area (Å²) in [5, 5.41) is 22.9. The van der Waals surface area contributed by atoms with Crippen molar-refractivity contribution < 1.29 is 19.7 Å². The van der Waals surface area contributed by atoms with Crippen molar-refractivity contribution in [2.24, 2.45) is 5.92 Å². The van der Waals surface area contributed by atoms with Gasteiger partial charge in [0.25, 0.3) is 0 Å². The molecule has 1 aliphatic carbocycles. The topological polar surface area (TPSA) is 78.8 Å². The van der Waals surface area contributed by atoms with Crippen molar-refractivity contribution in [2.75, 3.05) is 13.2 Å². The average molecular weight is 466 g/mol. The number of aliphatic hydroxyl groups excluding tert-OH is 1. The first-order valence-electron chi connectivity index (χ1n) is 12.3. The summed E-state index contributed by atoms with van der Waals surface area (Å²) in [5.41, 5.74) is 4.92. The van der Waals surface area contributed by atoms with Crippen LogP contribution in [0.3, 0.4) is 0 Å². The first kappa shape index (κ1) is 26.1. The number of aliphatic hydroxyl groups is 1. The van der Waals surface area contributed by atoms with Crippen LogP contribution < -0.4 is 5.32 Å². The number of carboxylic acid groups (broad SMARTS) is 1.